The molecule has 0 radical (unpaired) electrons. The second-order valence-electron chi connectivity index (χ2n) is 3.91. The molecular formula is C13H11F2NO5. The van der Waals surface area contributed by atoms with Crippen LogP contribution >= 0.6 is 0 Å². The quantitative estimate of drug-likeness (QED) is 0.914. The second-order valence-corrected chi connectivity index (χ2v) is 3.91. The van der Waals surface area contributed by atoms with Crippen molar-refractivity contribution in [3.63, 3.8) is 0 Å². The Morgan fingerprint density at radius 2 is 2.05 bits per heavy atom. The Balaban J connectivity index is 2.56. The highest BCUT2D eigenvalue weighted by Gasteiger charge is 2.27. The van der Waals surface area contributed by atoms with Gasteiger partial charge in [0.1, 0.15) is 11.5 Å². The third-order valence-electron chi connectivity index (χ3n) is 2.69. The summed E-state index contributed by atoms with van der Waals surface area (Å²) in [5.74, 6) is -2.03. The number of carboxylic acids is 1. The number of hydrogen-bond acceptors (Lipinski definition) is 5. The van der Waals surface area contributed by atoms with Crippen molar-refractivity contribution in [1.82, 2.24) is 4.98 Å². The molecule has 8 heteroatoms. The lowest BCUT2D eigenvalue weighted by atomic mass is 10.2. The minimum Gasteiger partial charge on any atom is -0.497 e. The van der Waals surface area contributed by atoms with Crippen LogP contribution in [0.25, 0.3) is 11.5 Å². The normalized spacial score (nSPS) is 10.7. The third kappa shape index (κ3) is 2.78. The average molecular weight is 299 g/mol. The Morgan fingerprint density at radius 1 is 1.33 bits per heavy atom. The van der Waals surface area contributed by atoms with E-state index in [1.807, 2.05) is 0 Å². The van der Waals surface area contributed by atoms with Gasteiger partial charge in [-0.25, -0.2) is 18.6 Å². The number of halogens is 2. The predicted molar refractivity (Wildman–Crippen MR) is 67.0 cm³/mol. The highest BCUT2D eigenvalue weighted by atomic mass is 19.3. The first-order valence-electron chi connectivity index (χ1n) is 5.72. The van der Waals surface area contributed by atoms with Crippen LogP contribution in [0.1, 0.15) is 22.7 Å². The van der Waals surface area contributed by atoms with Crippen LogP contribution in [0.5, 0.6) is 11.5 Å². The van der Waals surface area contributed by atoms with Gasteiger partial charge in [-0.05, 0) is 12.1 Å². The van der Waals surface area contributed by atoms with Crippen LogP contribution in [-0.2, 0) is 0 Å². The van der Waals surface area contributed by atoms with Crippen LogP contribution < -0.4 is 9.47 Å². The number of benzene rings is 1. The lowest BCUT2D eigenvalue weighted by molar-refractivity contribution is 0.0646. The molecule has 0 spiro atoms. The minimum absolute atomic E-state index is 0.243. The number of aromatic nitrogens is 1. The van der Waals surface area contributed by atoms with Crippen molar-refractivity contribution < 1.29 is 32.6 Å². The van der Waals surface area contributed by atoms with Crippen LogP contribution in [0.2, 0.25) is 0 Å². The van der Waals surface area contributed by atoms with E-state index < -0.39 is 23.8 Å². The largest absolute Gasteiger partial charge is 0.497 e. The average Bonchev–Trinajstić information content (AvgIpc) is 2.92. The molecule has 0 fully saturated rings. The van der Waals surface area contributed by atoms with Gasteiger partial charge in [-0.1, -0.05) is 0 Å². The van der Waals surface area contributed by atoms with Crippen molar-refractivity contribution in [3.05, 3.63) is 29.7 Å². The van der Waals surface area contributed by atoms with E-state index in [0.29, 0.717) is 5.75 Å². The maximum Gasteiger partial charge on any atom is 0.374 e. The van der Waals surface area contributed by atoms with Crippen molar-refractivity contribution in [1.29, 1.82) is 0 Å². The number of methoxy groups -OCH3 is 2. The maximum atomic E-state index is 12.8. The summed E-state index contributed by atoms with van der Waals surface area (Å²) in [7, 11) is 2.82. The van der Waals surface area contributed by atoms with E-state index >= 15 is 0 Å². The van der Waals surface area contributed by atoms with Gasteiger partial charge < -0.3 is 19.0 Å². The zero-order valence-corrected chi connectivity index (χ0v) is 11.1. The van der Waals surface area contributed by atoms with Gasteiger partial charge in [0.25, 0.3) is 6.43 Å². The van der Waals surface area contributed by atoms with Crippen LogP contribution in [0.15, 0.2) is 22.6 Å². The molecule has 0 atom stereocenters. The van der Waals surface area contributed by atoms with Crippen molar-refractivity contribution in [2.75, 3.05) is 14.2 Å². The summed E-state index contributed by atoms with van der Waals surface area (Å²) in [6.45, 7) is 0. The topological polar surface area (TPSA) is 81.8 Å². The lowest BCUT2D eigenvalue weighted by Gasteiger charge is -2.07. The van der Waals surface area contributed by atoms with Gasteiger partial charge in [-0.15, -0.1) is 0 Å². The summed E-state index contributed by atoms with van der Waals surface area (Å²) < 4.78 is 40.6. The smallest absolute Gasteiger partial charge is 0.374 e. The van der Waals surface area contributed by atoms with Crippen LogP contribution in [0, 0.1) is 0 Å². The molecule has 1 N–H and O–H groups in total. The van der Waals surface area contributed by atoms with Gasteiger partial charge in [0, 0.05) is 6.07 Å². The molecule has 1 aromatic heterocycles. The number of ether oxygens (including phenoxy) is 2. The van der Waals surface area contributed by atoms with Crippen LogP contribution in [0.4, 0.5) is 8.78 Å². The zero-order chi connectivity index (χ0) is 15.6. The molecule has 112 valence electrons. The molecule has 0 saturated heterocycles. The first kappa shape index (κ1) is 14.8. The Kier molecular flexibility index (Phi) is 4.06. The maximum absolute atomic E-state index is 12.8. The standard InChI is InChI=1S/C13H11F2NO5/c1-19-6-3-4-7(8(5-6)20-2)12-16-9(11(14)15)10(21-12)13(17)18/h3-5,11H,1-2H3,(H,17,18). The summed E-state index contributed by atoms with van der Waals surface area (Å²) in [5, 5.41) is 8.87. The first-order valence-corrected chi connectivity index (χ1v) is 5.72. The predicted octanol–water partition coefficient (Wildman–Crippen LogP) is 2.99. The molecule has 0 amide bonds. The van der Waals surface area contributed by atoms with Crippen molar-refractivity contribution >= 4 is 5.97 Å². The number of carbonyl (C=O) groups is 1. The summed E-state index contributed by atoms with van der Waals surface area (Å²) in [6.07, 6.45) is -3.06. The fraction of sp³-hybridized carbons (Fsp3) is 0.231. The number of nitrogens with zero attached hydrogens (tertiary/aromatic N) is 1. The Hall–Kier alpha value is -2.64. The van der Waals surface area contributed by atoms with E-state index in [9.17, 15) is 13.6 Å². The fourth-order valence-corrected chi connectivity index (χ4v) is 1.72. The van der Waals surface area contributed by atoms with Gasteiger partial charge in [0.05, 0.1) is 19.8 Å². The first-order chi connectivity index (χ1) is 9.97. The number of oxazole rings is 1. The molecule has 0 saturated carbocycles. The van der Waals surface area contributed by atoms with Gasteiger partial charge in [0.15, 0.2) is 5.69 Å². The monoisotopic (exact) mass is 299 g/mol. The number of rotatable bonds is 5. The number of carboxylic acid groups (broad SMARTS) is 1. The highest BCUT2D eigenvalue weighted by Crippen LogP contribution is 2.35. The van der Waals surface area contributed by atoms with E-state index in [-0.39, 0.29) is 17.2 Å². The van der Waals surface area contributed by atoms with Crippen LogP contribution in [0.3, 0.4) is 0 Å². The Bertz CT molecular complexity index is 669. The summed E-state index contributed by atoms with van der Waals surface area (Å²) in [4.78, 5) is 14.5. The summed E-state index contributed by atoms with van der Waals surface area (Å²) in [5.41, 5.74) is -0.678. The molecule has 6 nitrogen and oxygen atoms in total. The Morgan fingerprint density at radius 3 is 2.52 bits per heavy atom. The van der Waals surface area contributed by atoms with Gasteiger partial charge >= 0.3 is 5.97 Å². The molecule has 0 bridgehead atoms. The van der Waals surface area contributed by atoms with Gasteiger partial charge in [0.2, 0.25) is 11.7 Å². The fourth-order valence-electron chi connectivity index (χ4n) is 1.72. The SMILES string of the molecule is COc1ccc(-c2nc(C(F)F)c(C(=O)O)o2)c(OC)c1. The molecule has 0 unspecified atom stereocenters. The van der Waals surface area contributed by atoms with Gasteiger partial charge in [-0.2, -0.15) is 0 Å². The zero-order valence-electron chi connectivity index (χ0n) is 11.1. The van der Waals surface area contributed by atoms with E-state index in [0.717, 1.165) is 0 Å². The molecule has 0 aliphatic carbocycles. The molecule has 0 aliphatic rings. The van der Waals surface area contributed by atoms with E-state index in [1.54, 1.807) is 6.07 Å². The molecule has 0 aliphatic heterocycles. The van der Waals surface area contributed by atoms with E-state index in [2.05, 4.69) is 4.98 Å². The lowest BCUT2D eigenvalue weighted by Crippen LogP contribution is -1.99. The molecule has 1 heterocycles. The number of alkyl halides is 2. The highest BCUT2D eigenvalue weighted by molar-refractivity contribution is 5.86. The second kappa shape index (κ2) is 5.78. The Labute approximate surface area is 117 Å². The number of hydrogen-bond donors (Lipinski definition) is 1. The summed E-state index contributed by atoms with van der Waals surface area (Å²) in [6, 6.07) is 4.52. The number of aromatic carboxylic acids is 1. The molecule has 21 heavy (non-hydrogen) atoms. The minimum atomic E-state index is -3.06. The van der Waals surface area contributed by atoms with Crippen molar-refractivity contribution in [2.45, 2.75) is 6.43 Å². The van der Waals surface area contributed by atoms with Crippen molar-refractivity contribution in [2.24, 2.45) is 0 Å². The summed E-state index contributed by atoms with van der Waals surface area (Å²) >= 11 is 0. The third-order valence-corrected chi connectivity index (χ3v) is 2.69. The molecule has 2 aromatic rings. The molecule has 2 rings (SSSR count). The van der Waals surface area contributed by atoms with Gasteiger partial charge in [-0.3, -0.25) is 0 Å². The van der Waals surface area contributed by atoms with Crippen LogP contribution in [-0.4, -0.2) is 30.3 Å². The van der Waals surface area contributed by atoms with Crippen molar-refractivity contribution in [3.8, 4) is 23.0 Å². The van der Waals surface area contributed by atoms with E-state index in [4.69, 9.17) is 19.0 Å². The van der Waals surface area contributed by atoms with E-state index in [1.165, 1.54) is 26.4 Å². The molecule has 1 aromatic carbocycles. The molecular weight excluding hydrogens is 288 g/mol.